The Bertz CT molecular complexity index is 868. The summed E-state index contributed by atoms with van der Waals surface area (Å²) in [5.74, 6) is 0.588. The summed E-state index contributed by atoms with van der Waals surface area (Å²) >= 11 is 0. The highest BCUT2D eigenvalue weighted by atomic mass is 32.2. The molecule has 0 atom stereocenters. The largest absolute Gasteiger partial charge is 0.361 e. The molecular weight excluding hydrogens is 356 g/mol. The average molecular weight is 379 g/mol. The van der Waals surface area contributed by atoms with Gasteiger partial charge < -0.3 is 14.7 Å². The zero-order valence-corrected chi connectivity index (χ0v) is 15.7. The van der Waals surface area contributed by atoms with Crippen LogP contribution in [0.5, 0.6) is 0 Å². The Balaban J connectivity index is 1.61. The van der Waals surface area contributed by atoms with Crippen molar-refractivity contribution in [2.45, 2.75) is 25.3 Å². The van der Waals surface area contributed by atoms with Crippen LogP contribution in [-0.4, -0.2) is 50.0 Å². The number of quaternary nitrogens is 1. The number of nitrogens with one attached hydrogen (secondary N) is 2. The smallest absolute Gasteiger partial charge is 0.243 e. The Morgan fingerprint density at radius 2 is 1.92 bits per heavy atom. The van der Waals surface area contributed by atoms with E-state index in [9.17, 15) is 13.2 Å². The first-order chi connectivity index (χ1) is 12.3. The molecule has 140 valence electrons. The van der Waals surface area contributed by atoms with Gasteiger partial charge in [-0.05, 0) is 31.2 Å². The van der Waals surface area contributed by atoms with Gasteiger partial charge in [-0.3, -0.25) is 4.79 Å². The van der Waals surface area contributed by atoms with Crippen LogP contribution < -0.4 is 10.2 Å². The molecule has 1 aliphatic heterocycles. The fraction of sp³-hybridized carbons (Fsp3) is 0.412. The van der Waals surface area contributed by atoms with Crippen LogP contribution in [0.15, 0.2) is 39.8 Å². The average Bonchev–Trinajstić information content (AvgIpc) is 3.00. The van der Waals surface area contributed by atoms with Gasteiger partial charge in [0.25, 0.3) is 0 Å². The SMILES string of the molecule is CC(=O)Nc1ccc(S(=O)(=O)N2CC[NH+](Cc3cc(C)on3)CC2)cc1. The molecule has 26 heavy (non-hydrogen) atoms. The summed E-state index contributed by atoms with van der Waals surface area (Å²) < 4.78 is 32.2. The molecule has 8 nitrogen and oxygen atoms in total. The molecule has 9 heteroatoms. The van der Waals surface area contributed by atoms with Crippen LogP contribution in [0.4, 0.5) is 5.69 Å². The lowest BCUT2D eigenvalue weighted by molar-refractivity contribution is -0.917. The molecule has 3 rings (SSSR count). The Hall–Kier alpha value is -2.23. The first-order valence-electron chi connectivity index (χ1n) is 8.48. The second kappa shape index (κ2) is 7.56. The second-order valence-corrected chi connectivity index (χ2v) is 8.40. The first-order valence-corrected chi connectivity index (χ1v) is 9.92. The Morgan fingerprint density at radius 1 is 1.27 bits per heavy atom. The highest BCUT2D eigenvalue weighted by Gasteiger charge is 2.30. The molecule has 0 spiro atoms. The Labute approximate surface area is 152 Å². The van der Waals surface area contributed by atoms with Gasteiger partial charge >= 0.3 is 0 Å². The molecule has 0 bridgehead atoms. The van der Waals surface area contributed by atoms with Gasteiger partial charge in [0, 0.05) is 18.7 Å². The number of amides is 1. The molecule has 0 unspecified atom stereocenters. The molecule has 1 fully saturated rings. The molecule has 0 radical (unpaired) electrons. The molecule has 1 saturated heterocycles. The molecule has 1 aliphatic rings. The zero-order valence-electron chi connectivity index (χ0n) is 14.9. The maximum absolute atomic E-state index is 12.8. The number of carbonyl (C=O) groups is 1. The van der Waals surface area contributed by atoms with Crippen LogP contribution in [0.25, 0.3) is 0 Å². The predicted octanol–water partition coefficient (Wildman–Crippen LogP) is 0.0308. The number of nitrogens with zero attached hydrogens (tertiary/aromatic N) is 2. The molecule has 1 aromatic heterocycles. The van der Waals surface area contributed by atoms with E-state index in [1.54, 1.807) is 12.1 Å². The van der Waals surface area contributed by atoms with Crippen LogP contribution in [0.1, 0.15) is 18.4 Å². The summed E-state index contributed by atoms with van der Waals surface area (Å²) in [4.78, 5) is 12.6. The van der Waals surface area contributed by atoms with E-state index in [-0.39, 0.29) is 10.8 Å². The lowest BCUT2D eigenvalue weighted by Gasteiger charge is -2.31. The molecule has 1 amide bonds. The highest BCUT2D eigenvalue weighted by Crippen LogP contribution is 2.18. The quantitative estimate of drug-likeness (QED) is 0.764. The molecule has 0 saturated carbocycles. The monoisotopic (exact) mass is 379 g/mol. The number of hydrogen-bond acceptors (Lipinski definition) is 5. The number of hydrogen-bond donors (Lipinski definition) is 2. The van der Waals surface area contributed by atoms with Gasteiger partial charge in [0.2, 0.25) is 15.9 Å². The maximum Gasteiger partial charge on any atom is 0.243 e. The van der Waals surface area contributed by atoms with Crippen molar-refractivity contribution < 1.29 is 22.6 Å². The van der Waals surface area contributed by atoms with Gasteiger partial charge in [-0.2, -0.15) is 4.31 Å². The third-order valence-corrected chi connectivity index (χ3v) is 6.26. The molecule has 2 heterocycles. The number of carbonyl (C=O) groups excluding carboxylic acids is 1. The summed E-state index contributed by atoms with van der Waals surface area (Å²) in [6.45, 7) is 6.35. The molecule has 2 aromatic rings. The second-order valence-electron chi connectivity index (χ2n) is 6.47. The number of aryl methyl sites for hydroxylation is 1. The number of sulfonamides is 1. The van der Waals surface area contributed by atoms with E-state index in [1.165, 1.54) is 28.3 Å². The van der Waals surface area contributed by atoms with Crippen LogP contribution in [0.3, 0.4) is 0 Å². The van der Waals surface area contributed by atoms with E-state index >= 15 is 0 Å². The van der Waals surface area contributed by atoms with Gasteiger partial charge in [0.1, 0.15) is 18.0 Å². The van der Waals surface area contributed by atoms with Crippen molar-refractivity contribution in [3.8, 4) is 0 Å². The zero-order chi connectivity index (χ0) is 18.7. The predicted molar refractivity (Wildman–Crippen MR) is 95.1 cm³/mol. The summed E-state index contributed by atoms with van der Waals surface area (Å²) in [5, 5.41) is 6.63. The van der Waals surface area contributed by atoms with Crippen LogP contribution in [-0.2, 0) is 21.4 Å². The topological polar surface area (TPSA) is 97.0 Å². The number of aromatic nitrogens is 1. The lowest BCUT2D eigenvalue weighted by Crippen LogP contribution is -3.13. The minimum Gasteiger partial charge on any atom is -0.361 e. The lowest BCUT2D eigenvalue weighted by atomic mass is 10.3. The molecular formula is C17H23N4O4S+. The van der Waals surface area contributed by atoms with Gasteiger partial charge in [0.15, 0.2) is 0 Å². The van der Waals surface area contributed by atoms with Crippen LogP contribution in [0, 0.1) is 6.92 Å². The van der Waals surface area contributed by atoms with Crippen molar-refractivity contribution in [1.82, 2.24) is 9.46 Å². The molecule has 0 aliphatic carbocycles. The van der Waals surface area contributed by atoms with Crippen molar-refractivity contribution in [3.63, 3.8) is 0 Å². The third kappa shape index (κ3) is 4.29. The van der Waals surface area contributed by atoms with Crippen LogP contribution in [0.2, 0.25) is 0 Å². The van der Waals surface area contributed by atoms with Gasteiger partial charge in [-0.15, -0.1) is 0 Å². The highest BCUT2D eigenvalue weighted by molar-refractivity contribution is 7.89. The van der Waals surface area contributed by atoms with E-state index in [2.05, 4.69) is 10.5 Å². The number of rotatable bonds is 5. The fourth-order valence-electron chi connectivity index (χ4n) is 3.04. The summed E-state index contributed by atoms with van der Waals surface area (Å²) in [6.07, 6.45) is 0. The molecule has 1 aromatic carbocycles. The number of piperazine rings is 1. The fourth-order valence-corrected chi connectivity index (χ4v) is 4.48. The summed E-state index contributed by atoms with van der Waals surface area (Å²) in [5.41, 5.74) is 1.47. The first kappa shape index (κ1) is 18.6. The summed E-state index contributed by atoms with van der Waals surface area (Å²) in [6, 6.07) is 8.16. The Kier molecular flexibility index (Phi) is 5.40. The van der Waals surface area contributed by atoms with Crippen molar-refractivity contribution in [2.75, 3.05) is 31.5 Å². The summed E-state index contributed by atoms with van der Waals surface area (Å²) in [7, 11) is -3.53. The molecule has 2 N–H and O–H groups in total. The van der Waals surface area contributed by atoms with Crippen molar-refractivity contribution in [3.05, 3.63) is 41.8 Å². The van der Waals surface area contributed by atoms with E-state index in [4.69, 9.17) is 4.52 Å². The van der Waals surface area contributed by atoms with E-state index < -0.39 is 10.0 Å². The minimum absolute atomic E-state index is 0.193. The van der Waals surface area contributed by atoms with E-state index in [0.717, 1.165) is 31.1 Å². The van der Waals surface area contributed by atoms with Crippen molar-refractivity contribution >= 4 is 21.6 Å². The maximum atomic E-state index is 12.8. The standard InChI is InChI=1S/C17H22N4O4S/c1-13-11-16(19-25-13)12-20-7-9-21(10-8-20)26(23,24)17-5-3-15(4-6-17)18-14(2)22/h3-6,11H,7-10,12H2,1-2H3,(H,18,22)/p+1. The number of anilines is 1. The van der Waals surface area contributed by atoms with Gasteiger partial charge in [-0.25, -0.2) is 8.42 Å². The number of benzene rings is 1. The normalized spacial score (nSPS) is 16.5. The third-order valence-electron chi connectivity index (χ3n) is 4.35. The Morgan fingerprint density at radius 3 is 2.46 bits per heavy atom. The van der Waals surface area contributed by atoms with E-state index in [0.29, 0.717) is 18.8 Å². The van der Waals surface area contributed by atoms with Crippen molar-refractivity contribution in [2.24, 2.45) is 0 Å². The van der Waals surface area contributed by atoms with Gasteiger partial charge in [-0.1, -0.05) is 5.16 Å². The minimum atomic E-state index is -3.53. The van der Waals surface area contributed by atoms with E-state index in [1.807, 2.05) is 13.0 Å². The van der Waals surface area contributed by atoms with Crippen LogP contribution >= 0.6 is 0 Å². The van der Waals surface area contributed by atoms with Crippen molar-refractivity contribution in [1.29, 1.82) is 0 Å². The van der Waals surface area contributed by atoms with Gasteiger partial charge in [0.05, 0.1) is 31.1 Å².